The van der Waals surface area contributed by atoms with Crippen LogP contribution in [0.5, 0.6) is 0 Å². The van der Waals surface area contributed by atoms with Crippen LogP contribution < -0.4 is 5.32 Å². The molecule has 2 fully saturated rings. The lowest BCUT2D eigenvalue weighted by atomic mass is 10.0. The molecule has 1 N–H and O–H groups in total. The smallest absolute Gasteiger partial charge is 0.238 e. The van der Waals surface area contributed by atoms with Gasteiger partial charge in [0.1, 0.15) is 5.82 Å². The molecule has 0 bridgehead atoms. The predicted molar refractivity (Wildman–Crippen MR) is 103 cm³/mol. The number of likely N-dealkylation sites (tertiary alicyclic amines) is 1. The van der Waals surface area contributed by atoms with Crippen LogP contribution in [0.3, 0.4) is 0 Å². The molecule has 2 aliphatic rings. The van der Waals surface area contributed by atoms with E-state index in [0.29, 0.717) is 44.3 Å². The summed E-state index contributed by atoms with van der Waals surface area (Å²) < 4.78 is 12.9. The lowest BCUT2D eigenvalue weighted by molar-refractivity contribution is -0.134. The van der Waals surface area contributed by atoms with Crippen LogP contribution in [0.2, 0.25) is 0 Å². The fraction of sp³-hybridized carbons (Fsp3) is 0.600. The Morgan fingerprint density at radius 1 is 1.04 bits per heavy atom. The zero-order chi connectivity index (χ0) is 19.2. The van der Waals surface area contributed by atoms with Gasteiger partial charge in [-0.25, -0.2) is 4.39 Å². The van der Waals surface area contributed by atoms with Crippen LogP contribution in [0.4, 0.5) is 10.1 Å². The first-order valence-electron chi connectivity index (χ1n) is 9.77. The van der Waals surface area contributed by atoms with Crippen LogP contribution in [0.1, 0.15) is 19.8 Å². The van der Waals surface area contributed by atoms with Gasteiger partial charge in [0.15, 0.2) is 0 Å². The van der Waals surface area contributed by atoms with E-state index in [0.717, 1.165) is 13.1 Å². The van der Waals surface area contributed by atoms with E-state index in [1.165, 1.54) is 25.0 Å². The van der Waals surface area contributed by atoms with Crippen LogP contribution in [0, 0.1) is 11.7 Å². The van der Waals surface area contributed by atoms with Crippen molar-refractivity contribution < 1.29 is 14.0 Å². The Morgan fingerprint density at radius 3 is 2.41 bits per heavy atom. The highest BCUT2D eigenvalue weighted by atomic mass is 19.1. The largest absolute Gasteiger partial charge is 0.339 e. The molecule has 1 atom stereocenters. The number of amides is 2. The summed E-state index contributed by atoms with van der Waals surface area (Å²) in [6.07, 6.45) is 2.43. The van der Waals surface area contributed by atoms with E-state index >= 15 is 0 Å². The van der Waals surface area contributed by atoms with Crippen LogP contribution >= 0.6 is 0 Å². The van der Waals surface area contributed by atoms with Crippen molar-refractivity contribution in [3.63, 3.8) is 0 Å². The number of benzene rings is 1. The van der Waals surface area contributed by atoms with Crippen molar-refractivity contribution >= 4 is 17.5 Å². The SMILES string of the molecule is C[C@@H]1CCCN(CC(=O)N2CCN(CC(=O)Nc3ccc(F)cc3)CC2)C1. The Labute approximate surface area is 160 Å². The topological polar surface area (TPSA) is 55.9 Å². The summed E-state index contributed by atoms with van der Waals surface area (Å²) in [6, 6.07) is 5.74. The number of hydrogen-bond acceptors (Lipinski definition) is 4. The van der Waals surface area contributed by atoms with Crippen molar-refractivity contribution in [1.29, 1.82) is 0 Å². The number of nitrogens with zero attached hydrogens (tertiary/aromatic N) is 3. The quantitative estimate of drug-likeness (QED) is 0.849. The number of anilines is 1. The summed E-state index contributed by atoms with van der Waals surface area (Å²) in [5, 5.41) is 2.77. The van der Waals surface area contributed by atoms with E-state index in [1.807, 2.05) is 9.80 Å². The van der Waals surface area contributed by atoms with E-state index in [1.54, 1.807) is 12.1 Å². The lowest BCUT2D eigenvalue weighted by Gasteiger charge is -2.36. The lowest BCUT2D eigenvalue weighted by Crippen LogP contribution is -2.53. The molecule has 7 heteroatoms. The molecule has 2 aliphatic heterocycles. The van der Waals surface area contributed by atoms with Crippen molar-refractivity contribution in [3.8, 4) is 0 Å². The molecule has 2 saturated heterocycles. The molecule has 0 unspecified atom stereocenters. The summed E-state index contributed by atoms with van der Waals surface area (Å²) in [6.45, 7) is 7.76. The molecule has 0 aliphatic carbocycles. The maximum Gasteiger partial charge on any atom is 0.238 e. The Hall–Kier alpha value is -1.99. The molecule has 3 rings (SSSR count). The zero-order valence-electron chi connectivity index (χ0n) is 16.0. The van der Waals surface area contributed by atoms with E-state index < -0.39 is 0 Å². The van der Waals surface area contributed by atoms with Gasteiger partial charge in [-0.05, 0) is 49.6 Å². The minimum Gasteiger partial charge on any atom is -0.339 e. The predicted octanol–water partition coefficient (Wildman–Crippen LogP) is 1.64. The van der Waals surface area contributed by atoms with Crippen LogP contribution in [0.25, 0.3) is 0 Å². The summed E-state index contributed by atoms with van der Waals surface area (Å²) in [5.41, 5.74) is 0.589. The molecule has 1 aromatic rings. The maximum atomic E-state index is 12.9. The van der Waals surface area contributed by atoms with Gasteiger partial charge in [-0.2, -0.15) is 0 Å². The Kier molecular flexibility index (Phi) is 6.79. The minimum atomic E-state index is -0.326. The standard InChI is InChI=1S/C20H29FN4O2/c1-16-3-2-8-24(13-16)15-20(27)25-11-9-23(10-12-25)14-19(26)22-18-6-4-17(21)5-7-18/h4-7,16H,2-3,8-15H2,1H3,(H,22,26)/t16-/m1/s1. The van der Waals surface area contributed by atoms with Gasteiger partial charge >= 0.3 is 0 Å². The van der Waals surface area contributed by atoms with Crippen molar-refractivity contribution in [1.82, 2.24) is 14.7 Å². The Bertz CT molecular complexity index is 644. The maximum absolute atomic E-state index is 12.9. The number of carbonyl (C=O) groups excluding carboxylic acids is 2. The summed E-state index contributed by atoms with van der Waals surface area (Å²) in [5.74, 6) is 0.416. The van der Waals surface area contributed by atoms with Crippen molar-refractivity contribution in [2.45, 2.75) is 19.8 Å². The van der Waals surface area contributed by atoms with Crippen molar-refractivity contribution in [2.24, 2.45) is 5.92 Å². The molecule has 1 aromatic carbocycles. The van der Waals surface area contributed by atoms with Gasteiger partial charge in [0, 0.05) is 38.4 Å². The first kappa shape index (κ1) is 19.8. The van der Waals surface area contributed by atoms with Crippen molar-refractivity contribution in [2.75, 3.05) is 57.7 Å². The number of hydrogen-bond donors (Lipinski definition) is 1. The Balaban J connectivity index is 1.38. The third kappa shape index (κ3) is 6.01. The minimum absolute atomic E-state index is 0.122. The second kappa shape index (κ2) is 9.28. The third-order valence-electron chi connectivity index (χ3n) is 5.32. The van der Waals surface area contributed by atoms with Gasteiger partial charge < -0.3 is 10.2 Å². The first-order valence-corrected chi connectivity index (χ1v) is 9.77. The average Bonchev–Trinajstić information content (AvgIpc) is 2.64. The summed E-state index contributed by atoms with van der Waals surface area (Å²) in [7, 11) is 0. The molecule has 2 heterocycles. The second-order valence-corrected chi connectivity index (χ2v) is 7.69. The number of rotatable bonds is 5. The second-order valence-electron chi connectivity index (χ2n) is 7.69. The van der Waals surface area contributed by atoms with E-state index in [-0.39, 0.29) is 24.2 Å². The van der Waals surface area contributed by atoms with Crippen LogP contribution in [0.15, 0.2) is 24.3 Å². The Morgan fingerprint density at radius 2 is 1.74 bits per heavy atom. The molecule has 27 heavy (non-hydrogen) atoms. The normalized spacial score (nSPS) is 21.9. The number of piperidine rings is 1. The average molecular weight is 376 g/mol. The first-order chi connectivity index (χ1) is 13.0. The molecular weight excluding hydrogens is 347 g/mol. The number of nitrogens with one attached hydrogen (secondary N) is 1. The molecule has 0 saturated carbocycles. The number of halogens is 1. The van der Waals surface area contributed by atoms with Gasteiger partial charge in [0.05, 0.1) is 13.1 Å². The molecular formula is C20H29FN4O2. The molecule has 0 radical (unpaired) electrons. The third-order valence-corrected chi connectivity index (χ3v) is 5.32. The van der Waals surface area contributed by atoms with Crippen LogP contribution in [-0.4, -0.2) is 78.9 Å². The van der Waals surface area contributed by atoms with Gasteiger partial charge in [0.25, 0.3) is 0 Å². The van der Waals surface area contributed by atoms with Gasteiger partial charge in [0.2, 0.25) is 11.8 Å². The van der Waals surface area contributed by atoms with E-state index in [2.05, 4.69) is 17.1 Å². The fourth-order valence-electron chi connectivity index (χ4n) is 3.81. The highest BCUT2D eigenvalue weighted by Crippen LogP contribution is 2.15. The molecule has 2 amide bonds. The van der Waals surface area contributed by atoms with Crippen molar-refractivity contribution in [3.05, 3.63) is 30.1 Å². The van der Waals surface area contributed by atoms with Gasteiger partial charge in [-0.15, -0.1) is 0 Å². The number of carbonyl (C=O) groups is 2. The highest BCUT2D eigenvalue weighted by Gasteiger charge is 2.25. The van der Waals surface area contributed by atoms with Crippen LogP contribution in [-0.2, 0) is 9.59 Å². The molecule has 6 nitrogen and oxygen atoms in total. The highest BCUT2D eigenvalue weighted by molar-refractivity contribution is 5.92. The van der Waals surface area contributed by atoms with Gasteiger partial charge in [-0.3, -0.25) is 19.4 Å². The number of piperazine rings is 1. The fourth-order valence-corrected chi connectivity index (χ4v) is 3.81. The summed E-state index contributed by atoms with van der Waals surface area (Å²) >= 11 is 0. The zero-order valence-corrected chi connectivity index (χ0v) is 16.0. The molecule has 148 valence electrons. The molecule has 0 spiro atoms. The summed E-state index contributed by atoms with van der Waals surface area (Å²) in [4.78, 5) is 30.9. The van der Waals surface area contributed by atoms with E-state index in [9.17, 15) is 14.0 Å². The van der Waals surface area contributed by atoms with E-state index in [4.69, 9.17) is 0 Å². The van der Waals surface area contributed by atoms with Gasteiger partial charge in [-0.1, -0.05) is 6.92 Å². The molecule has 0 aromatic heterocycles. The monoisotopic (exact) mass is 376 g/mol.